The number of rotatable bonds is 2. The van der Waals surface area contributed by atoms with Crippen LogP contribution in [0.1, 0.15) is 11.1 Å². The maximum Gasteiger partial charge on any atom is 0.124 e. The van der Waals surface area contributed by atoms with E-state index in [1.165, 1.54) is 12.1 Å². The van der Waals surface area contributed by atoms with Crippen LogP contribution in [0, 0.1) is 12.7 Å². The first-order valence-corrected chi connectivity index (χ1v) is 3.83. The van der Waals surface area contributed by atoms with Gasteiger partial charge in [-0.2, -0.15) is 0 Å². The third-order valence-corrected chi connectivity index (χ3v) is 1.76. The van der Waals surface area contributed by atoms with Crippen molar-refractivity contribution in [1.82, 2.24) is 0 Å². The summed E-state index contributed by atoms with van der Waals surface area (Å²) < 4.78 is 12.8. The summed E-state index contributed by atoms with van der Waals surface area (Å²) in [7, 11) is 0. The van der Waals surface area contributed by atoms with Crippen molar-refractivity contribution in [2.45, 2.75) is 13.3 Å². The summed E-state index contributed by atoms with van der Waals surface area (Å²) in [5.74, 6) is -0.171. The van der Waals surface area contributed by atoms with Crippen LogP contribution < -0.4 is 5.73 Å². The summed E-state index contributed by atoms with van der Waals surface area (Å²) in [6.45, 7) is 2.08. The minimum atomic E-state index is -0.325. The zero-order chi connectivity index (χ0) is 9.14. The Morgan fingerprint density at radius 1 is 1.50 bits per heavy atom. The molecule has 0 aromatic heterocycles. The number of hydrogen-bond donors (Lipinski definition) is 2. The van der Waals surface area contributed by atoms with Crippen molar-refractivity contribution >= 4 is 0 Å². The molecule has 1 aromatic carbocycles. The molecule has 0 bridgehead atoms. The predicted octanol–water partition coefficient (Wildman–Crippen LogP) is 1.34. The first-order valence-electron chi connectivity index (χ1n) is 3.83. The Hall–Kier alpha value is -1.09. The summed E-state index contributed by atoms with van der Waals surface area (Å²) in [5, 5.41) is 9.43. The minimum Gasteiger partial charge on any atom is -0.507 e. The van der Waals surface area contributed by atoms with Gasteiger partial charge in [0.05, 0.1) is 0 Å². The third kappa shape index (κ3) is 1.74. The topological polar surface area (TPSA) is 46.2 Å². The van der Waals surface area contributed by atoms with E-state index in [1.807, 2.05) is 0 Å². The quantitative estimate of drug-likeness (QED) is 0.701. The molecule has 0 saturated carbocycles. The van der Waals surface area contributed by atoms with E-state index in [2.05, 4.69) is 0 Å². The first-order chi connectivity index (χ1) is 5.65. The monoisotopic (exact) mass is 169 g/mol. The number of hydrogen-bond acceptors (Lipinski definition) is 2. The molecule has 66 valence electrons. The first kappa shape index (κ1) is 9.00. The molecule has 0 spiro atoms. The van der Waals surface area contributed by atoms with Crippen LogP contribution in [0.2, 0.25) is 0 Å². The van der Waals surface area contributed by atoms with E-state index in [0.29, 0.717) is 24.1 Å². The van der Waals surface area contributed by atoms with Crippen molar-refractivity contribution in [3.8, 4) is 5.75 Å². The Morgan fingerprint density at radius 3 is 2.75 bits per heavy atom. The van der Waals surface area contributed by atoms with E-state index in [9.17, 15) is 9.50 Å². The van der Waals surface area contributed by atoms with Gasteiger partial charge < -0.3 is 10.8 Å². The second-order valence-corrected chi connectivity index (χ2v) is 2.77. The van der Waals surface area contributed by atoms with Crippen LogP contribution >= 0.6 is 0 Å². The maximum absolute atomic E-state index is 12.8. The predicted molar refractivity (Wildman–Crippen MR) is 45.6 cm³/mol. The smallest absolute Gasteiger partial charge is 0.124 e. The van der Waals surface area contributed by atoms with Crippen molar-refractivity contribution in [3.63, 3.8) is 0 Å². The molecule has 0 fully saturated rings. The zero-order valence-corrected chi connectivity index (χ0v) is 6.97. The molecule has 0 saturated heterocycles. The lowest BCUT2D eigenvalue weighted by atomic mass is 10.1. The lowest BCUT2D eigenvalue weighted by Gasteiger charge is -2.05. The summed E-state index contributed by atoms with van der Waals surface area (Å²) in [6, 6.07) is 2.62. The molecule has 3 N–H and O–H groups in total. The Kier molecular flexibility index (Phi) is 2.65. The molecule has 1 rings (SSSR count). The molecule has 0 unspecified atom stereocenters. The summed E-state index contributed by atoms with van der Waals surface area (Å²) in [6.07, 6.45) is 0.504. The summed E-state index contributed by atoms with van der Waals surface area (Å²) in [5.41, 5.74) is 6.43. The van der Waals surface area contributed by atoms with Crippen LogP contribution in [0.4, 0.5) is 4.39 Å². The van der Waals surface area contributed by atoms with Gasteiger partial charge in [0.2, 0.25) is 0 Å². The highest BCUT2D eigenvalue weighted by molar-refractivity contribution is 5.40. The number of phenolic OH excluding ortho intramolecular Hbond substituents is 1. The van der Waals surface area contributed by atoms with E-state index in [-0.39, 0.29) is 11.6 Å². The number of halogens is 1. The molecular formula is C9H12FNO. The van der Waals surface area contributed by atoms with Crippen LogP contribution in [0.15, 0.2) is 12.1 Å². The second kappa shape index (κ2) is 3.54. The lowest BCUT2D eigenvalue weighted by molar-refractivity contribution is 0.461. The molecule has 0 aliphatic rings. The Balaban J connectivity index is 3.09. The van der Waals surface area contributed by atoms with Gasteiger partial charge in [-0.1, -0.05) is 0 Å². The largest absolute Gasteiger partial charge is 0.507 e. The Labute approximate surface area is 70.8 Å². The van der Waals surface area contributed by atoms with E-state index < -0.39 is 0 Å². The van der Waals surface area contributed by atoms with Gasteiger partial charge in [0.25, 0.3) is 0 Å². The molecule has 0 heterocycles. The highest BCUT2D eigenvalue weighted by atomic mass is 19.1. The average Bonchev–Trinajstić information content (AvgIpc) is 2.00. The number of phenols is 1. The van der Waals surface area contributed by atoms with E-state index >= 15 is 0 Å². The minimum absolute atomic E-state index is 0.154. The molecule has 3 heteroatoms. The number of aromatic hydroxyl groups is 1. The molecule has 0 radical (unpaired) electrons. The van der Waals surface area contributed by atoms with Crippen LogP contribution in [-0.2, 0) is 6.42 Å². The standard InChI is InChI=1S/C9H12FNO/c1-6-4-8(10)5-7(2-3-11)9(6)12/h4-5,12H,2-3,11H2,1H3. The number of benzene rings is 1. The van der Waals surface area contributed by atoms with Gasteiger partial charge >= 0.3 is 0 Å². The van der Waals surface area contributed by atoms with Gasteiger partial charge in [-0.25, -0.2) is 4.39 Å². The fraction of sp³-hybridized carbons (Fsp3) is 0.333. The van der Waals surface area contributed by atoms with Crippen LogP contribution in [0.3, 0.4) is 0 Å². The highest BCUT2D eigenvalue weighted by Crippen LogP contribution is 2.23. The van der Waals surface area contributed by atoms with E-state index in [1.54, 1.807) is 6.92 Å². The second-order valence-electron chi connectivity index (χ2n) is 2.77. The van der Waals surface area contributed by atoms with Gasteiger partial charge in [0.1, 0.15) is 11.6 Å². The van der Waals surface area contributed by atoms with Crippen LogP contribution in [0.25, 0.3) is 0 Å². The summed E-state index contributed by atoms with van der Waals surface area (Å²) >= 11 is 0. The molecule has 0 atom stereocenters. The SMILES string of the molecule is Cc1cc(F)cc(CCN)c1O. The summed E-state index contributed by atoms with van der Waals surface area (Å²) in [4.78, 5) is 0. The van der Waals surface area contributed by atoms with E-state index in [4.69, 9.17) is 5.73 Å². The fourth-order valence-electron chi connectivity index (χ4n) is 1.15. The average molecular weight is 169 g/mol. The van der Waals surface area contributed by atoms with E-state index in [0.717, 1.165) is 0 Å². The van der Waals surface area contributed by atoms with Gasteiger partial charge in [-0.15, -0.1) is 0 Å². The number of aryl methyl sites for hydroxylation is 1. The van der Waals surface area contributed by atoms with Crippen LogP contribution in [-0.4, -0.2) is 11.7 Å². The van der Waals surface area contributed by atoms with Crippen molar-refractivity contribution in [1.29, 1.82) is 0 Å². The van der Waals surface area contributed by atoms with Crippen molar-refractivity contribution in [3.05, 3.63) is 29.1 Å². The van der Waals surface area contributed by atoms with Crippen LogP contribution in [0.5, 0.6) is 5.75 Å². The Morgan fingerprint density at radius 2 is 2.17 bits per heavy atom. The molecule has 0 amide bonds. The Bertz CT molecular complexity index is 286. The number of nitrogens with two attached hydrogens (primary N) is 1. The fourth-order valence-corrected chi connectivity index (χ4v) is 1.15. The molecule has 0 aliphatic carbocycles. The van der Waals surface area contributed by atoms with Gasteiger partial charge in [-0.3, -0.25) is 0 Å². The van der Waals surface area contributed by atoms with Gasteiger partial charge in [0.15, 0.2) is 0 Å². The molecule has 0 aliphatic heterocycles. The molecule has 12 heavy (non-hydrogen) atoms. The third-order valence-electron chi connectivity index (χ3n) is 1.76. The van der Waals surface area contributed by atoms with Crippen molar-refractivity contribution < 1.29 is 9.50 Å². The zero-order valence-electron chi connectivity index (χ0n) is 6.97. The molecule has 2 nitrogen and oxygen atoms in total. The normalized spacial score (nSPS) is 10.2. The molecule has 1 aromatic rings. The van der Waals surface area contributed by atoms with Gasteiger partial charge in [0, 0.05) is 0 Å². The highest BCUT2D eigenvalue weighted by Gasteiger charge is 2.05. The van der Waals surface area contributed by atoms with Crippen molar-refractivity contribution in [2.75, 3.05) is 6.54 Å². The van der Waals surface area contributed by atoms with Gasteiger partial charge in [-0.05, 0) is 43.1 Å². The van der Waals surface area contributed by atoms with Crippen molar-refractivity contribution in [2.24, 2.45) is 5.73 Å². The maximum atomic E-state index is 12.8. The molecular weight excluding hydrogens is 157 g/mol. The lowest BCUT2D eigenvalue weighted by Crippen LogP contribution is -2.03.